The normalized spacial score (nSPS) is 14.7. The first-order valence-corrected chi connectivity index (χ1v) is 10.0. The van der Waals surface area contributed by atoms with Crippen LogP contribution in [0.25, 0.3) is 0 Å². The zero-order valence-corrected chi connectivity index (χ0v) is 16.0. The summed E-state index contributed by atoms with van der Waals surface area (Å²) in [5.41, 5.74) is -0.247. The molecule has 2 aromatic rings. The van der Waals surface area contributed by atoms with Gasteiger partial charge in [-0.1, -0.05) is 19.9 Å². The van der Waals surface area contributed by atoms with Crippen LogP contribution >= 0.6 is 0 Å². The number of nitro benzene ring substituents is 1. The van der Waals surface area contributed by atoms with Crippen LogP contribution in [-0.2, 0) is 10.0 Å². The highest BCUT2D eigenvalue weighted by molar-refractivity contribution is 7.89. The van der Waals surface area contributed by atoms with Crippen molar-refractivity contribution in [2.24, 2.45) is 5.92 Å². The molecular weight excluding hydrogens is 391 g/mol. The number of nitrogens with zero attached hydrogens (tertiary/aromatic N) is 1. The summed E-state index contributed by atoms with van der Waals surface area (Å²) in [6, 6.07) is 6.97. The molecule has 8 nitrogen and oxygen atoms in total. The molecule has 0 fully saturated rings. The minimum atomic E-state index is -4.14. The summed E-state index contributed by atoms with van der Waals surface area (Å²) >= 11 is 0. The molecule has 1 N–H and O–H groups in total. The van der Waals surface area contributed by atoms with Crippen LogP contribution < -0.4 is 14.2 Å². The number of hydrogen-bond donors (Lipinski definition) is 1. The van der Waals surface area contributed by atoms with E-state index in [1.54, 1.807) is 18.2 Å². The Morgan fingerprint density at radius 1 is 1.11 bits per heavy atom. The summed E-state index contributed by atoms with van der Waals surface area (Å²) < 4.78 is 52.7. The first kappa shape index (κ1) is 20.0. The largest absolute Gasteiger partial charge is 0.486 e. The smallest absolute Gasteiger partial charge is 0.306 e. The van der Waals surface area contributed by atoms with E-state index in [0.29, 0.717) is 36.3 Å². The number of halogens is 1. The Morgan fingerprint density at radius 3 is 2.43 bits per heavy atom. The van der Waals surface area contributed by atoms with Gasteiger partial charge >= 0.3 is 5.69 Å². The molecule has 0 radical (unpaired) electrons. The second-order valence-electron chi connectivity index (χ2n) is 6.62. The van der Waals surface area contributed by atoms with Gasteiger partial charge in [-0.2, -0.15) is 4.39 Å². The minimum absolute atomic E-state index is 0.146. The van der Waals surface area contributed by atoms with Crippen molar-refractivity contribution in [2.75, 3.05) is 13.2 Å². The number of nitro groups is 1. The monoisotopic (exact) mass is 410 g/mol. The van der Waals surface area contributed by atoms with Gasteiger partial charge in [-0.15, -0.1) is 0 Å². The first-order valence-electron chi connectivity index (χ1n) is 8.55. The summed E-state index contributed by atoms with van der Waals surface area (Å²) in [5, 5.41) is 10.9. The maximum atomic E-state index is 13.5. The van der Waals surface area contributed by atoms with Crippen LogP contribution in [-0.4, -0.2) is 26.6 Å². The molecule has 1 heterocycles. The van der Waals surface area contributed by atoms with Crippen molar-refractivity contribution in [1.29, 1.82) is 0 Å². The third-order valence-electron chi connectivity index (χ3n) is 4.30. The summed E-state index contributed by atoms with van der Waals surface area (Å²) in [6.45, 7) is 4.50. The summed E-state index contributed by atoms with van der Waals surface area (Å²) in [5.74, 6) is -0.149. The molecule has 0 aromatic heterocycles. The molecule has 0 spiro atoms. The fourth-order valence-corrected chi connectivity index (χ4v) is 4.27. The summed E-state index contributed by atoms with van der Waals surface area (Å²) in [7, 11) is -4.14. The van der Waals surface area contributed by atoms with Crippen LogP contribution in [0.1, 0.15) is 25.5 Å². The molecule has 0 unspecified atom stereocenters. The predicted molar refractivity (Wildman–Crippen MR) is 98.4 cm³/mol. The molecule has 0 bridgehead atoms. The zero-order valence-electron chi connectivity index (χ0n) is 15.2. The number of ether oxygens (including phenoxy) is 2. The number of nitrogens with one attached hydrogen (secondary N) is 1. The second kappa shape index (κ2) is 7.72. The Morgan fingerprint density at radius 2 is 1.79 bits per heavy atom. The van der Waals surface area contributed by atoms with Gasteiger partial charge in [0.15, 0.2) is 11.5 Å². The molecular formula is C18H19FN2O6S. The molecule has 150 valence electrons. The number of fused-ring (bicyclic) bond motifs is 1. The molecule has 10 heteroatoms. The third-order valence-corrected chi connectivity index (χ3v) is 5.74. The summed E-state index contributed by atoms with van der Waals surface area (Å²) in [6.07, 6.45) is 0. The molecule has 0 saturated carbocycles. The van der Waals surface area contributed by atoms with Gasteiger partial charge in [-0.25, -0.2) is 13.1 Å². The summed E-state index contributed by atoms with van der Waals surface area (Å²) in [4.78, 5) is 9.57. The Hall–Kier alpha value is -2.72. The lowest BCUT2D eigenvalue weighted by Gasteiger charge is -2.25. The SMILES string of the molecule is CC(C)[C@@H](NS(=O)(=O)c1ccc(F)c([N+](=O)[O-])c1)c1ccc2c(c1)OCCO2. The number of hydrogen-bond acceptors (Lipinski definition) is 6. The number of rotatable bonds is 6. The fourth-order valence-electron chi connectivity index (χ4n) is 2.88. The first-order chi connectivity index (χ1) is 13.2. The fraction of sp³-hybridized carbons (Fsp3) is 0.333. The van der Waals surface area contributed by atoms with Gasteiger partial charge in [0.25, 0.3) is 0 Å². The van der Waals surface area contributed by atoms with Crippen molar-refractivity contribution in [3.8, 4) is 11.5 Å². The lowest BCUT2D eigenvalue weighted by molar-refractivity contribution is -0.387. The van der Waals surface area contributed by atoms with Crippen molar-refractivity contribution < 1.29 is 27.2 Å². The highest BCUT2D eigenvalue weighted by Crippen LogP contribution is 2.35. The van der Waals surface area contributed by atoms with Gasteiger partial charge in [0.2, 0.25) is 15.8 Å². The Bertz CT molecular complexity index is 1010. The molecule has 1 aliphatic rings. The standard InChI is InChI=1S/C18H19FN2O6S/c1-11(2)18(12-3-6-16-17(9-12)27-8-7-26-16)20-28(24,25)13-4-5-14(19)15(10-13)21(22)23/h3-6,9-11,18,20H,7-8H2,1-2H3/t18-/m1/s1. The maximum Gasteiger partial charge on any atom is 0.306 e. The highest BCUT2D eigenvalue weighted by atomic mass is 32.2. The Balaban J connectivity index is 1.94. The van der Waals surface area contributed by atoms with Crippen LogP contribution in [0.4, 0.5) is 10.1 Å². The Labute approximate surface area is 161 Å². The second-order valence-corrected chi connectivity index (χ2v) is 8.33. The zero-order chi connectivity index (χ0) is 20.5. The van der Waals surface area contributed by atoms with Crippen LogP contribution in [0, 0.1) is 21.8 Å². The molecule has 2 aromatic carbocycles. The van der Waals surface area contributed by atoms with Crippen molar-refractivity contribution in [3.63, 3.8) is 0 Å². The van der Waals surface area contributed by atoms with Crippen molar-refractivity contribution in [3.05, 3.63) is 57.9 Å². The molecule has 1 aliphatic heterocycles. The lowest BCUT2D eigenvalue weighted by Crippen LogP contribution is -2.32. The Kier molecular flexibility index (Phi) is 5.52. The quantitative estimate of drug-likeness (QED) is 0.579. The maximum absolute atomic E-state index is 13.5. The van der Waals surface area contributed by atoms with E-state index in [1.807, 2.05) is 13.8 Å². The van der Waals surface area contributed by atoms with Gasteiger partial charge in [0, 0.05) is 12.1 Å². The van der Waals surface area contributed by atoms with Crippen LogP contribution in [0.2, 0.25) is 0 Å². The highest BCUT2D eigenvalue weighted by Gasteiger charge is 2.27. The van der Waals surface area contributed by atoms with E-state index in [4.69, 9.17) is 9.47 Å². The lowest BCUT2D eigenvalue weighted by atomic mass is 9.97. The van der Waals surface area contributed by atoms with Crippen molar-refractivity contribution >= 4 is 15.7 Å². The van der Waals surface area contributed by atoms with Gasteiger partial charge in [-0.3, -0.25) is 10.1 Å². The topological polar surface area (TPSA) is 108 Å². The molecule has 0 saturated heterocycles. The van der Waals surface area contributed by atoms with Gasteiger partial charge in [-0.05, 0) is 35.7 Å². The number of sulfonamides is 1. The van der Waals surface area contributed by atoms with Crippen molar-refractivity contribution in [2.45, 2.75) is 24.8 Å². The van der Waals surface area contributed by atoms with Crippen molar-refractivity contribution in [1.82, 2.24) is 4.72 Å². The third kappa shape index (κ3) is 4.07. The average Bonchev–Trinajstić information content (AvgIpc) is 2.65. The predicted octanol–water partition coefficient (Wildman–Crippen LogP) is 3.18. The molecule has 3 rings (SSSR count). The van der Waals surface area contributed by atoms with E-state index < -0.39 is 32.5 Å². The van der Waals surface area contributed by atoms with E-state index in [2.05, 4.69) is 4.72 Å². The van der Waals surface area contributed by atoms with Crippen LogP contribution in [0.3, 0.4) is 0 Å². The minimum Gasteiger partial charge on any atom is -0.486 e. The number of benzene rings is 2. The van der Waals surface area contributed by atoms with Gasteiger partial charge in [0.1, 0.15) is 13.2 Å². The van der Waals surface area contributed by atoms with Crippen LogP contribution in [0.5, 0.6) is 11.5 Å². The van der Waals surface area contributed by atoms with E-state index in [0.717, 1.165) is 12.1 Å². The molecule has 0 aliphatic carbocycles. The van der Waals surface area contributed by atoms with E-state index in [-0.39, 0.29) is 10.8 Å². The van der Waals surface area contributed by atoms with Gasteiger partial charge in [0.05, 0.1) is 9.82 Å². The van der Waals surface area contributed by atoms with E-state index in [9.17, 15) is 22.9 Å². The van der Waals surface area contributed by atoms with E-state index >= 15 is 0 Å². The average molecular weight is 410 g/mol. The van der Waals surface area contributed by atoms with Crippen LogP contribution in [0.15, 0.2) is 41.3 Å². The van der Waals surface area contributed by atoms with E-state index in [1.165, 1.54) is 0 Å². The molecule has 0 amide bonds. The van der Waals surface area contributed by atoms with Gasteiger partial charge < -0.3 is 9.47 Å². The molecule has 28 heavy (non-hydrogen) atoms. The molecule has 1 atom stereocenters.